The highest BCUT2D eigenvalue weighted by molar-refractivity contribution is 5.81. The fourth-order valence-electron chi connectivity index (χ4n) is 3.03. The van der Waals surface area contributed by atoms with Gasteiger partial charge in [-0.3, -0.25) is 0 Å². The van der Waals surface area contributed by atoms with Gasteiger partial charge in [-0.05, 0) is 30.3 Å². The van der Waals surface area contributed by atoms with Crippen molar-refractivity contribution in [1.82, 2.24) is 19.9 Å². The predicted molar refractivity (Wildman–Crippen MR) is 96.8 cm³/mol. The Morgan fingerprint density at radius 3 is 2.81 bits per heavy atom. The number of anilines is 1. The summed E-state index contributed by atoms with van der Waals surface area (Å²) in [6.45, 7) is 0.409. The van der Waals surface area contributed by atoms with Crippen LogP contribution in [0.15, 0.2) is 54.7 Å². The van der Waals surface area contributed by atoms with E-state index < -0.39 is 0 Å². The van der Waals surface area contributed by atoms with E-state index >= 15 is 0 Å². The average Bonchev–Trinajstić information content (AvgIpc) is 3.11. The predicted octanol–water partition coefficient (Wildman–Crippen LogP) is 3.11. The van der Waals surface area contributed by atoms with E-state index in [2.05, 4.69) is 19.9 Å². The summed E-state index contributed by atoms with van der Waals surface area (Å²) in [5, 5.41) is 0. The highest BCUT2D eigenvalue weighted by Crippen LogP contribution is 2.35. The third-order valence-electron chi connectivity index (χ3n) is 4.28. The molecule has 0 spiro atoms. The zero-order valence-corrected chi connectivity index (χ0v) is 13.7. The van der Waals surface area contributed by atoms with Crippen molar-refractivity contribution in [3.63, 3.8) is 0 Å². The Hall–Kier alpha value is -3.61. The Morgan fingerprint density at radius 2 is 1.92 bits per heavy atom. The van der Waals surface area contributed by atoms with E-state index in [4.69, 9.17) is 15.2 Å². The number of imidazole rings is 1. The van der Waals surface area contributed by atoms with Gasteiger partial charge in [0.1, 0.15) is 6.61 Å². The molecule has 5 rings (SSSR count). The molecule has 1 atom stereocenters. The number of rotatable bonds is 2. The fourth-order valence-corrected chi connectivity index (χ4v) is 3.03. The lowest BCUT2D eigenvalue weighted by Crippen LogP contribution is -2.22. The number of ether oxygens (including phenoxy) is 2. The first-order valence-corrected chi connectivity index (χ1v) is 8.23. The molecule has 0 saturated heterocycles. The molecular weight excluding hydrogens is 330 g/mol. The molecule has 0 amide bonds. The van der Waals surface area contributed by atoms with Gasteiger partial charge in [0.05, 0.1) is 16.7 Å². The van der Waals surface area contributed by atoms with Crippen molar-refractivity contribution in [2.45, 2.75) is 6.10 Å². The number of nitrogens with zero attached hydrogens (tertiary/aromatic N) is 3. The molecular formula is C19H15N5O2. The van der Waals surface area contributed by atoms with Gasteiger partial charge in [0.2, 0.25) is 5.95 Å². The lowest BCUT2D eigenvalue weighted by Gasteiger charge is -2.24. The molecule has 0 aliphatic carbocycles. The van der Waals surface area contributed by atoms with E-state index in [1.165, 1.54) is 0 Å². The second kappa shape index (κ2) is 5.73. The van der Waals surface area contributed by atoms with Crippen LogP contribution in [0.2, 0.25) is 0 Å². The summed E-state index contributed by atoms with van der Waals surface area (Å²) in [6.07, 6.45) is 1.36. The lowest BCUT2D eigenvalue weighted by atomic mass is 10.1. The summed E-state index contributed by atoms with van der Waals surface area (Å²) < 4.78 is 11.8. The molecule has 1 aliphatic heterocycles. The van der Waals surface area contributed by atoms with Crippen molar-refractivity contribution in [3.05, 3.63) is 60.6 Å². The lowest BCUT2D eigenvalue weighted by molar-refractivity contribution is 0.0859. The van der Waals surface area contributed by atoms with E-state index in [1.54, 1.807) is 6.20 Å². The van der Waals surface area contributed by atoms with Crippen LogP contribution in [-0.4, -0.2) is 26.5 Å². The maximum Gasteiger partial charge on any atom is 0.220 e. The minimum Gasteiger partial charge on any atom is -0.485 e. The molecule has 26 heavy (non-hydrogen) atoms. The number of hydrogen-bond donors (Lipinski definition) is 2. The number of nitrogens with one attached hydrogen (secondary N) is 1. The average molecular weight is 345 g/mol. The third kappa shape index (κ3) is 2.50. The van der Waals surface area contributed by atoms with Crippen molar-refractivity contribution in [2.75, 3.05) is 12.3 Å². The van der Waals surface area contributed by atoms with Crippen LogP contribution in [0, 0.1) is 0 Å². The summed E-state index contributed by atoms with van der Waals surface area (Å²) in [7, 11) is 0. The van der Waals surface area contributed by atoms with Crippen LogP contribution in [0.1, 0.15) is 11.9 Å². The minimum atomic E-state index is -0.282. The van der Waals surface area contributed by atoms with Crippen LogP contribution in [0.5, 0.6) is 11.5 Å². The number of nitrogens with two attached hydrogens (primary N) is 1. The normalized spacial score (nSPS) is 15.9. The first kappa shape index (κ1) is 14.7. The van der Waals surface area contributed by atoms with Gasteiger partial charge in [0.15, 0.2) is 23.4 Å². The van der Waals surface area contributed by atoms with E-state index in [-0.39, 0.29) is 12.1 Å². The number of fused-ring (bicyclic) bond motifs is 2. The number of hydrogen-bond acceptors (Lipinski definition) is 6. The van der Waals surface area contributed by atoms with Gasteiger partial charge in [-0.15, -0.1) is 0 Å². The molecule has 2 aromatic heterocycles. The van der Waals surface area contributed by atoms with E-state index in [1.807, 2.05) is 48.5 Å². The summed E-state index contributed by atoms with van der Waals surface area (Å²) in [6, 6.07) is 15.3. The molecule has 0 fully saturated rings. The van der Waals surface area contributed by atoms with Crippen LogP contribution in [-0.2, 0) is 0 Å². The highest BCUT2D eigenvalue weighted by atomic mass is 16.6. The van der Waals surface area contributed by atoms with Gasteiger partial charge in [-0.25, -0.2) is 15.0 Å². The van der Waals surface area contributed by atoms with E-state index in [0.717, 1.165) is 39.6 Å². The van der Waals surface area contributed by atoms with Crippen molar-refractivity contribution in [1.29, 1.82) is 0 Å². The molecule has 2 aromatic carbocycles. The summed E-state index contributed by atoms with van der Waals surface area (Å²) >= 11 is 0. The number of H-pyrrole nitrogens is 1. The Bertz CT molecular complexity index is 1110. The Labute approximate surface area is 148 Å². The summed E-state index contributed by atoms with van der Waals surface area (Å²) in [5.41, 5.74) is 9.13. The number of benzene rings is 2. The van der Waals surface area contributed by atoms with Crippen molar-refractivity contribution in [3.8, 4) is 22.8 Å². The molecule has 0 saturated carbocycles. The first-order chi connectivity index (χ1) is 12.8. The molecule has 7 heteroatoms. The molecule has 7 nitrogen and oxygen atoms in total. The van der Waals surface area contributed by atoms with Gasteiger partial charge in [-0.2, -0.15) is 0 Å². The SMILES string of the molecule is Nc1nccc(-c2ccc3nc(C4COc5ccccc5O4)[nH]c3c2)n1. The van der Waals surface area contributed by atoms with E-state index in [0.29, 0.717) is 6.61 Å². The Kier molecular flexibility index (Phi) is 3.24. The smallest absolute Gasteiger partial charge is 0.220 e. The molecule has 0 radical (unpaired) electrons. The molecule has 1 aliphatic rings. The molecule has 3 heterocycles. The minimum absolute atomic E-state index is 0.249. The van der Waals surface area contributed by atoms with Crippen LogP contribution in [0.25, 0.3) is 22.3 Å². The zero-order valence-electron chi connectivity index (χ0n) is 13.7. The number of para-hydroxylation sites is 2. The maximum atomic E-state index is 6.02. The van der Waals surface area contributed by atoms with Gasteiger partial charge in [-0.1, -0.05) is 18.2 Å². The molecule has 4 aromatic rings. The van der Waals surface area contributed by atoms with Crippen LogP contribution in [0.4, 0.5) is 5.95 Å². The number of nitrogen functional groups attached to an aromatic ring is 1. The Morgan fingerprint density at radius 1 is 1.04 bits per heavy atom. The van der Waals surface area contributed by atoms with Gasteiger partial charge < -0.3 is 20.2 Å². The number of aromatic amines is 1. The van der Waals surface area contributed by atoms with Gasteiger partial charge >= 0.3 is 0 Å². The highest BCUT2D eigenvalue weighted by Gasteiger charge is 2.25. The third-order valence-corrected chi connectivity index (χ3v) is 4.28. The summed E-state index contributed by atoms with van der Waals surface area (Å²) in [5.74, 6) is 2.46. The van der Waals surface area contributed by atoms with Crippen molar-refractivity contribution < 1.29 is 9.47 Å². The largest absolute Gasteiger partial charge is 0.485 e. The summed E-state index contributed by atoms with van der Waals surface area (Å²) in [4.78, 5) is 16.2. The van der Waals surface area contributed by atoms with Crippen LogP contribution in [0.3, 0.4) is 0 Å². The van der Waals surface area contributed by atoms with E-state index in [9.17, 15) is 0 Å². The quantitative estimate of drug-likeness (QED) is 0.579. The first-order valence-electron chi connectivity index (χ1n) is 8.23. The molecule has 3 N–H and O–H groups in total. The zero-order chi connectivity index (χ0) is 17.5. The topological polar surface area (TPSA) is 98.9 Å². The van der Waals surface area contributed by atoms with Gasteiger partial charge in [0.25, 0.3) is 0 Å². The molecule has 0 bridgehead atoms. The molecule has 1 unspecified atom stereocenters. The Balaban J connectivity index is 1.49. The van der Waals surface area contributed by atoms with Gasteiger partial charge in [0, 0.05) is 11.8 Å². The van der Waals surface area contributed by atoms with Crippen LogP contribution >= 0.6 is 0 Å². The molecule has 128 valence electrons. The van der Waals surface area contributed by atoms with Crippen LogP contribution < -0.4 is 15.2 Å². The maximum absolute atomic E-state index is 6.02. The fraction of sp³-hybridized carbons (Fsp3) is 0.105. The van der Waals surface area contributed by atoms with Crippen molar-refractivity contribution >= 4 is 17.0 Å². The monoisotopic (exact) mass is 345 g/mol. The number of aromatic nitrogens is 4. The second-order valence-corrected chi connectivity index (χ2v) is 6.02. The standard InChI is InChI=1S/C19H15N5O2/c20-19-21-8-7-12(24-19)11-5-6-13-14(9-11)23-18(22-13)17-10-25-15-3-1-2-4-16(15)26-17/h1-9,17H,10H2,(H,22,23)(H2,20,21,24). The van der Waals surface area contributed by atoms with Crippen molar-refractivity contribution in [2.24, 2.45) is 0 Å². The second-order valence-electron chi connectivity index (χ2n) is 6.02.